The van der Waals surface area contributed by atoms with E-state index in [1.165, 1.54) is 25.1 Å². The number of carboxylic acids is 1. The van der Waals surface area contributed by atoms with Crippen LogP contribution in [0.25, 0.3) is 0 Å². The summed E-state index contributed by atoms with van der Waals surface area (Å²) in [6.07, 6.45) is -2.60. The molecule has 104 valence electrons. The molecule has 0 saturated heterocycles. The summed E-state index contributed by atoms with van der Waals surface area (Å²) in [6, 6.07) is 3.81. The summed E-state index contributed by atoms with van der Waals surface area (Å²) in [6.45, 7) is 1.13. The van der Waals surface area contributed by atoms with Gasteiger partial charge in [-0.3, -0.25) is 4.79 Å². The number of amides is 1. The Balaban J connectivity index is 2.89. The zero-order valence-electron chi connectivity index (χ0n) is 10.1. The minimum Gasteiger partial charge on any atom is -0.478 e. The van der Waals surface area contributed by atoms with Gasteiger partial charge in [-0.2, -0.15) is 0 Å². The van der Waals surface area contributed by atoms with Gasteiger partial charge in [0.25, 0.3) is 0 Å². The van der Waals surface area contributed by atoms with Gasteiger partial charge in [0.15, 0.2) is 0 Å². The molecule has 0 heterocycles. The second kappa shape index (κ2) is 6.51. The molecule has 2 unspecified atom stereocenters. The summed E-state index contributed by atoms with van der Waals surface area (Å²) >= 11 is 5.74. The Morgan fingerprint density at radius 3 is 2.47 bits per heavy atom. The molecule has 0 aliphatic rings. The molecule has 1 amide bonds. The normalized spacial score (nSPS) is 13.7. The fourth-order valence-corrected chi connectivity index (χ4v) is 1.73. The van der Waals surface area contributed by atoms with Gasteiger partial charge in [-0.1, -0.05) is 11.6 Å². The van der Waals surface area contributed by atoms with E-state index in [0.717, 1.165) is 0 Å². The second-order valence-corrected chi connectivity index (χ2v) is 4.46. The minimum atomic E-state index is -1.34. The summed E-state index contributed by atoms with van der Waals surface area (Å²) in [5.41, 5.74) is 0.0797. The summed E-state index contributed by atoms with van der Waals surface area (Å²) in [5, 5.41) is 30.9. The number of carbonyl (C=O) groups excluding carboxylic acids is 1. The van der Waals surface area contributed by atoms with Crippen molar-refractivity contribution in [3.05, 3.63) is 34.3 Å². The molecular formula is C12H14ClNO5. The zero-order chi connectivity index (χ0) is 14.6. The third kappa shape index (κ3) is 4.51. The van der Waals surface area contributed by atoms with Crippen molar-refractivity contribution < 1.29 is 24.9 Å². The molecule has 0 fully saturated rings. The van der Waals surface area contributed by atoms with Crippen LogP contribution >= 0.6 is 11.6 Å². The fourth-order valence-electron chi connectivity index (χ4n) is 1.49. The van der Waals surface area contributed by atoms with Gasteiger partial charge in [-0.05, 0) is 23.8 Å². The van der Waals surface area contributed by atoms with Gasteiger partial charge in [0.2, 0.25) is 5.91 Å². The average molecular weight is 288 g/mol. The van der Waals surface area contributed by atoms with E-state index in [0.29, 0.717) is 0 Å². The van der Waals surface area contributed by atoms with Crippen molar-refractivity contribution in [2.75, 3.05) is 6.54 Å². The number of aromatic carboxylic acids is 1. The van der Waals surface area contributed by atoms with E-state index in [4.69, 9.17) is 16.7 Å². The number of benzene rings is 1. The third-order valence-corrected chi connectivity index (χ3v) is 2.65. The number of nitrogens with one attached hydrogen (secondary N) is 1. The highest BCUT2D eigenvalue weighted by molar-refractivity contribution is 6.31. The highest BCUT2D eigenvalue weighted by Gasteiger charge is 2.20. The molecule has 2 atom stereocenters. The number of rotatable bonds is 5. The number of halogens is 1. The second-order valence-electron chi connectivity index (χ2n) is 4.03. The van der Waals surface area contributed by atoms with Crippen LogP contribution in [0.3, 0.4) is 0 Å². The van der Waals surface area contributed by atoms with Crippen molar-refractivity contribution >= 4 is 23.5 Å². The molecule has 19 heavy (non-hydrogen) atoms. The third-order valence-electron chi connectivity index (χ3n) is 2.43. The van der Waals surface area contributed by atoms with Crippen LogP contribution in [0, 0.1) is 0 Å². The van der Waals surface area contributed by atoms with E-state index in [2.05, 4.69) is 5.32 Å². The average Bonchev–Trinajstić information content (AvgIpc) is 2.34. The van der Waals surface area contributed by atoms with Crippen LogP contribution in [-0.2, 0) is 4.79 Å². The molecule has 6 nitrogen and oxygen atoms in total. The summed E-state index contributed by atoms with van der Waals surface area (Å²) < 4.78 is 0. The van der Waals surface area contributed by atoms with Crippen LogP contribution in [0.2, 0.25) is 5.02 Å². The number of hydrogen-bond acceptors (Lipinski definition) is 4. The number of carboxylic acid groups (broad SMARTS) is 1. The number of hydrogen-bond donors (Lipinski definition) is 4. The number of aliphatic hydroxyl groups is 2. The van der Waals surface area contributed by atoms with E-state index < -0.39 is 18.2 Å². The van der Waals surface area contributed by atoms with E-state index in [-0.39, 0.29) is 28.6 Å². The quantitative estimate of drug-likeness (QED) is 0.633. The smallest absolute Gasteiger partial charge is 0.335 e. The monoisotopic (exact) mass is 287 g/mol. The summed E-state index contributed by atoms with van der Waals surface area (Å²) in [7, 11) is 0. The molecule has 0 spiro atoms. The maximum Gasteiger partial charge on any atom is 0.335 e. The Hall–Kier alpha value is -1.63. The highest BCUT2D eigenvalue weighted by atomic mass is 35.5. The van der Waals surface area contributed by atoms with Gasteiger partial charge in [0.05, 0.1) is 5.56 Å². The Bertz CT molecular complexity index is 491. The molecule has 0 bridgehead atoms. The van der Waals surface area contributed by atoms with Crippen LogP contribution in [0.5, 0.6) is 0 Å². The molecule has 1 aromatic rings. The maximum absolute atomic E-state index is 10.9. The van der Waals surface area contributed by atoms with E-state index in [9.17, 15) is 19.8 Å². The molecule has 4 N–H and O–H groups in total. The predicted octanol–water partition coefficient (Wildman–Crippen LogP) is 0.569. The van der Waals surface area contributed by atoms with Crippen LogP contribution in [0.1, 0.15) is 28.9 Å². The van der Waals surface area contributed by atoms with Crippen LogP contribution < -0.4 is 5.32 Å². The molecule has 0 radical (unpaired) electrons. The Labute approximate surface area is 114 Å². The maximum atomic E-state index is 10.9. The van der Waals surface area contributed by atoms with Crippen molar-refractivity contribution in [1.82, 2.24) is 5.32 Å². The lowest BCUT2D eigenvalue weighted by Crippen LogP contribution is -2.34. The molecular weight excluding hydrogens is 274 g/mol. The van der Waals surface area contributed by atoms with E-state index in [1.807, 2.05) is 0 Å². The summed E-state index contributed by atoms with van der Waals surface area (Å²) in [5.74, 6) is -1.53. The Kier molecular flexibility index (Phi) is 5.29. The van der Waals surface area contributed by atoms with Gasteiger partial charge in [-0.25, -0.2) is 4.79 Å². The molecule has 1 aromatic carbocycles. The first-order valence-electron chi connectivity index (χ1n) is 5.45. The first-order chi connectivity index (χ1) is 8.81. The lowest BCUT2D eigenvalue weighted by molar-refractivity contribution is -0.119. The van der Waals surface area contributed by atoms with Gasteiger partial charge in [-0.15, -0.1) is 0 Å². The van der Waals surface area contributed by atoms with Gasteiger partial charge in [0, 0.05) is 18.5 Å². The van der Waals surface area contributed by atoms with Crippen LogP contribution in [0.15, 0.2) is 18.2 Å². The molecule has 0 aliphatic carbocycles. The standard InChI is InChI=1S/C12H14ClNO5/c1-6(15)14-5-10(16)11(17)7-2-8(12(18)19)4-9(13)3-7/h2-4,10-11,16-17H,5H2,1H3,(H,14,15)(H,18,19). The molecule has 1 rings (SSSR count). The van der Waals surface area contributed by atoms with Crippen molar-refractivity contribution in [2.24, 2.45) is 0 Å². The highest BCUT2D eigenvalue weighted by Crippen LogP contribution is 2.23. The van der Waals surface area contributed by atoms with E-state index in [1.54, 1.807) is 0 Å². The lowest BCUT2D eigenvalue weighted by Gasteiger charge is -2.19. The molecule has 0 aliphatic heterocycles. The first-order valence-corrected chi connectivity index (χ1v) is 5.83. The van der Waals surface area contributed by atoms with Crippen molar-refractivity contribution in [2.45, 2.75) is 19.1 Å². The van der Waals surface area contributed by atoms with Crippen molar-refractivity contribution in [3.63, 3.8) is 0 Å². The zero-order valence-corrected chi connectivity index (χ0v) is 10.9. The lowest BCUT2D eigenvalue weighted by atomic mass is 10.0. The summed E-state index contributed by atoms with van der Waals surface area (Å²) in [4.78, 5) is 21.6. The number of aliphatic hydroxyl groups excluding tert-OH is 2. The number of carbonyl (C=O) groups is 2. The van der Waals surface area contributed by atoms with Gasteiger partial charge >= 0.3 is 5.97 Å². The topological polar surface area (TPSA) is 107 Å². The SMILES string of the molecule is CC(=O)NCC(O)C(O)c1cc(Cl)cc(C(=O)O)c1. The van der Waals surface area contributed by atoms with Crippen molar-refractivity contribution in [3.8, 4) is 0 Å². The fraction of sp³-hybridized carbons (Fsp3) is 0.333. The Morgan fingerprint density at radius 2 is 1.95 bits per heavy atom. The minimum absolute atomic E-state index is 0.0896. The van der Waals surface area contributed by atoms with Gasteiger partial charge in [0.1, 0.15) is 12.2 Å². The van der Waals surface area contributed by atoms with Crippen molar-refractivity contribution in [1.29, 1.82) is 0 Å². The Morgan fingerprint density at radius 1 is 1.32 bits per heavy atom. The first kappa shape index (κ1) is 15.4. The van der Waals surface area contributed by atoms with Gasteiger partial charge < -0.3 is 20.6 Å². The van der Waals surface area contributed by atoms with Crippen LogP contribution in [-0.4, -0.2) is 39.8 Å². The van der Waals surface area contributed by atoms with Crippen LogP contribution in [0.4, 0.5) is 0 Å². The van der Waals surface area contributed by atoms with E-state index >= 15 is 0 Å². The molecule has 0 aromatic heterocycles. The predicted molar refractivity (Wildman–Crippen MR) is 68.1 cm³/mol. The molecule has 7 heteroatoms. The largest absolute Gasteiger partial charge is 0.478 e. The molecule has 0 saturated carbocycles.